The normalized spacial score (nSPS) is 24.3. The van der Waals surface area contributed by atoms with Gasteiger partial charge in [-0.3, -0.25) is 0 Å². The Hall–Kier alpha value is -0.340. The van der Waals surface area contributed by atoms with Crippen molar-refractivity contribution in [1.29, 1.82) is 0 Å². The van der Waals surface area contributed by atoms with Crippen molar-refractivity contribution >= 4 is 0 Å². The average Bonchev–Trinajstić information content (AvgIpc) is 2.53. The van der Waals surface area contributed by atoms with Crippen LogP contribution in [0, 0.1) is 0 Å². The summed E-state index contributed by atoms with van der Waals surface area (Å²) in [7, 11) is 0. The highest BCUT2D eigenvalue weighted by molar-refractivity contribution is 5.05. The van der Waals surface area contributed by atoms with Gasteiger partial charge in [-0.25, -0.2) is 0 Å². The van der Waals surface area contributed by atoms with Gasteiger partial charge in [-0.2, -0.15) is 0 Å². The lowest BCUT2D eigenvalue weighted by Crippen LogP contribution is -2.24. The summed E-state index contributed by atoms with van der Waals surface area (Å²) in [4.78, 5) is 0. The second kappa shape index (κ2) is 5.40. The molecule has 1 rings (SSSR count). The molecule has 1 unspecified atom stereocenters. The van der Waals surface area contributed by atoms with Crippen molar-refractivity contribution in [3.05, 3.63) is 11.6 Å². The summed E-state index contributed by atoms with van der Waals surface area (Å²) in [6, 6.07) is 0.563. The van der Waals surface area contributed by atoms with Crippen LogP contribution in [0.15, 0.2) is 11.6 Å². The fourth-order valence-electron chi connectivity index (χ4n) is 1.48. The van der Waals surface area contributed by atoms with Gasteiger partial charge in [0, 0.05) is 19.2 Å². The molecule has 1 N–H and O–H groups in total. The van der Waals surface area contributed by atoms with E-state index >= 15 is 0 Å². The first-order chi connectivity index (χ1) is 6.18. The Morgan fingerprint density at radius 3 is 2.92 bits per heavy atom. The van der Waals surface area contributed by atoms with Gasteiger partial charge < -0.3 is 10.1 Å². The van der Waals surface area contributed by atoms with Crippen molar-refractivity contribution in [3.8, 4) is 0 Å². The lowest BCUT2D eigenvalue weighted by Gasteiger charge is -2.10. The maximum Gasteiger partial charge on any atom is 0.0759 e. The molecule has 1 fully saturated rings. The maximum atomic E-state index is 5.53. The second-order valence-electron chi connectivity index (χ2n) is 4.10. The van der Waals surface area contributed by atoms with Crippen LogP contribution in [0.3, 0.4) is 0 Å². The number of ether oxygens (including phenoxy) is 1. The van der Waals surface area contributed by atoms with E-state index in [0.717, 1.165) is 13.2 Å². The summed E-state index contributed by atoms with van der Waals surface area (Å²) in [5.74, 6) is 0. The monoisotopic (exact) mass is 183 g/mol. The number of nitrogens with one attached hydrogen (secondary N) is 1. The molecule has 2 heteroatoms. The molecule has 0 spiro atoms. The van der Waals surface area contributed by atoms with E-state index in [9.17, 15) is 0 Å². The predicted octanol–water partition coefficient (Wildman–Crippen LogP) is 2.11. The smallest absolute Gasteiger partial charge is 0.0759 e. The van der Waals surface area contributed by atoms with Crippen molar-refractivity contribution < 1.29 is 4.74 Å². The summed E-state index contributed by atoms with van der Waals surface area (Å²) >= 11 is 0. The molecular formula is C11H21NO. The lowest BCUT2D eigenvalue weighted by molar-refractivity contribution is 0.145. The van der Waals surface area contributed by atoms with E-state index in [1.807, 2.05) is 0 Å². The minimum absolute atomic E-state index is 0.383. The van der Waals surface area contributed by atoms with Gasteiger partial charge in [-0.1, -0.05) is 25.5 Å². The summed E-state index contributed by atoms with van der Waals surface area (Å²) in [5.41, 5.74) is 1.39. The molecule has 0 saturated carbocycles. The zero-order valence-electron chi connectivity index (χ0n) is 8.97. The van der Waals surface area contributed by atoms with Gasteiger partial charge in [0.25, 0.3) is 0 Å². The van der Waals surface area contributed by atoms with Crippen molar-refractivity contribution in [1.82, 2.24) is 5.32 Å². The SMILES string of the molecule is CC(=CC1CCCO1)CNC(C)C. The van der Waals surface area contributed by atoms with E-state index in [2.05, 4.69) is 32.2 Å². The fraction of sp³-hybridized carbons (Fsp3) is 0.818. The van der Waals surface area contributed by atoms with Gasteiger partial charge >= 0.3 is 0 Å². The van der Waals surface area contributed by atoms with Crippen molar-refractivity contribution in [2.75, 3.05) is 13.2 Å². The lowest BCUT2D eigenvalue weighted by atomic mass is 10.1. The first-order valence-electron chi connectivity index (χ1n) is 5.21. The van der Waals surface area contributed by atoms with Crippen LogP contribution in [0.4, 0.5) is 0 Å². The highest BCUT2D eigenvalue weighted by atomic mass is 16.5. The van der Waals surface area contributed by atoms with Crippen LogP contribution in [-0.4, -0.2) is 25.3 Å². The van der Waals surface area contributed by atoms with Crippen LogP contribution in [0.5, 0.6) is 0 Å². The number of rotatable bonds is 4. The molecule has 0 aliphatic carbocycles. The van der Waals surface area contributed by atoms with Crippen LogP contribution < -0.4 is 5.32 Å². The highest BCUT2D eigenvalue weighted by Gasteiger charge is 2.12. The molecule has 0 radical (unpaired) electrons. The Labute approximate surface area is 81.4 Å². The van der Waals surface area contributed by atoms with E-state index in [0.29, 0.717) is 12.1 Å². The van der Waals surface area contributed by atoms with Crippen LogP contribution in [0.25, 0.3) is 0 Å². The summed E-state index contributed by atoms with van der Waals surface area (Å²) in [5, 5.41) is 3.40. The molecule has 1 aliphatic heterocycles. The van der Waals surface area contributed by atoms with E-state index in [1.165, 1.54) is 18.4 Å². The van der Waals surface area contributed by atoms with Crippen LogP contribution in [0.1, 0.15) is 33.6 Å². The van der Waals surface area contributed by atoms with E-state index < -0.39 is 0 Å². The number of hydrogen-bond acceptors (Lipinski definition) is 2. The molecule has 0 bridgehead atoms. The molecule has 1 atom stereocenters. The first-order valence-corrected chi connectivity index (χ1v) is 5.21. The largest absolute Gasteiger partial charge is 0.374 e. The zero-order valence-corrected chi connectivity index (χ0v) is 8.97. The molecule has 76 valence electrons. The van der Waals surface area contributed by atoms with Gasteiger partial charge in [0.2, 0.25) is 0 Å². The predicted molar refractivity (Wildman–Crippen MR) is 55.9 cm³/mol. The topological polar surface area (TPSA) is 21.3 Å². The average molecular weight is 183 g/mol. The molecule has 2 nitrogen and oxygen atoms in total. The molecule has 1 heterocycles. The van der Waals surface area contributed by atoms with Crippen molar-refractivity contribution in [2.24, 2.45) is 0 Å². The molecular weight excluding hydrogens is 162 g/mol. The van der Waals surface area contributed by atoms with E-state index in [4.69, 9.17) is 4.74 Å². The quantitative estimate of drug-likeness (QED) is 0.674. The van der Waals surface area contributed by atoms with Gasteiger partial charge in [0.15, 0.2) is 0 Å². The van der Waals surface area contributed by atoms with Gasteiger partial charge in [-0.05, 0) is 19.8 Å². The Morgan fingerprint density at radius 1 is 1.62 bits per heavy atom. The third-order valence-electron chi connectivity index (χ3n) is 2.22. The second-order valence-corrected chi connectivity index (χ2v) is 4.10. The molecule has 1 saturated heterocycles. The molecule has 0 aromatic heterocycles. The molecule has 0 aromatic rings. The van der Waals surface area contributed by atoms with Gasteiger partial charge in [0.05, 0.1) is 6.10 Å². The summed E-state index contributed by atoms with van der Waals surface area (Å²) in [6.45, 7) is 8.42. The van der Waals surface area contributed by atoms with Crippen LogP contribution >= 0.6 is 0 Å². The van der Waals surface area contributed by atoms with Gasteiger partial charge in [-0.15, -0.1) is 0 Å². The summed E-state index contributed by atoms with van der Waals surface area (Å²) < 4.78 is 5.53. The van der Waals surface area contributed by atoms with Gasteiger partial charge in [0.1, 0.15) is 0 Å². The van der Waals surface area contributed by atoms with E-state index in [1.54, 1.807) is 0 Å². The summed E-state index contributed by atoms with van der Waals surface area (Å²) in [6.07, 6.45) is 5.04. The fourth-order valence-corrected chi connectivity index (χ4v) is 1.48. The molecule has 0 amide bonds. The first kappa shape index (κ1) is 10.7. The Morgan fingerprint density at radius 2 is 2.38 bits per heavy atom. The zero-order chi connectivity index (χ0) is 9.68. The van der Waals surface area contributed by atoms with Crippen molar-refractivity contribution in [2.45, 2.75) is 45.8 Å². The molecule has 1 aliphatic rings. The third-order valence-corrected chi connectivity index (χ3v) is 2.22. The minimum Gasteiger partial charge on any atom is -0.374 e. The number of hydrogen-bond donors (Lipinski definition) is 1. The third kappa shape index (κ3) is 4.44. The Kier molecular flexibility index (Phi) is 4.46. The van der Waals surface area contributed by atoms with Crippen LogP contribution in [-0.2, 0) is 4.74 Å². The molecule has 13 heavy (non-hydrogen) atoms. The van der Waals surface area contributed by atoms with Crippen molar-refractivity contribution in [3.63, 3.8) is 0 Å². The highest BCUT2D eigenvalue weighted by Crippen LogP contribution is 2.14. The molecule has 0 aromatic carbocycles. The Balaban J connectivity index is 2.24. The standard InChI is InChI=1S/C11H21NO/c1-9(2)12-8-10(3)7-11-5-4-6-13-11/h7,9,11-12H,4-6,8H2,1-3H3. The Bertz CT molecular complexity index is 169. The minimum atomic E-state index is 0.383. The van der Waals surface area contributed by atoms with Crippen LogP contribution in [0.2, 0.25) is 0 Å². The van der Waals surface area contributed by atoms with E-state index in [-0.39, 0.29) is 0 Å². The maximum absolute atomic E-state index is 5.53.